The molecular weight excluding hydrogens is 368 g/mol. The van der Waals surface area contributed by atoms with Gasteiger partial charge in [-0.15, -0.1) is 0 Å². The van der Waals surface area contributed by atoms with Crippen LogP contribution in [0.5, 0.6) is 11.5 Å². The third kappa shape index (κ3) is 3.76. The summed E-state index contributed by atoms with van der Waals surface area (Å²) in [5.41, 5.74) is 0. The maximum absolute atomic E-state index is 13.0. The zero-order chi connectivity index (χ0) is 18.8. The van der Waals surface area contributed by atoms with Gasteiger partial charge >= 0.3 is 0 Å². The number of piperazine rings is 1. The van der Waals surface area contributed by atoms with Crippen LogP contribution >= 0.6 is 0 Å². The number of benzene rings is 1. The van der Waals surface area contributed by atoms with E-state index in [4.69, 9.17) is 9.47 Å². The summed E-state index contributed by atoms with van der Waals surface area (Å²) in [6, 6.07) is 2.45. The Morgan fingerprint density at radius 1 is 0.960 bits per heavy atom. The van der Waals surface area contributed by atoms with Crippen molar-refractivity contribution in [2.24, 2.45) is 0 Å². The van der Waals surface area contributed by atoms with E-state index in [1.165, 1.54) is 38.4 Å². The van der Waals surface area contributed by atoms with Gasteiger partial charge < -0.3 is 14.8 Å². The lowest BCUT2D eigenvalue weighted by atomic mass is 10.3. The minimum Gasteiger partial charge on any atom is -0.495 e. The highest BCUT2D eigenvalue weighted by Gasteiger charge is 2.33. The van der Waals surface area contributed by atoms with Gasteiger partial charge in [0.05, 0.1) is 19.5 Å². The number of ether oxygens (including phenoxy) is 2. The number of hydrogen-bond donors (Lipinski definition) is 1. The molecule has 0 aliphatic carbocycles. The van der Waals surface area contributed by atoms with Gasteiger partial charge in [0.15, 0.2) is 9.84 Å². The number of hydrogen-bond acceptors (Lipinski definition) is 7. The largest absolute Gasteiger partial charge is 0.495 e. The summed E-state index contributed by atoms with van der Waals surface area (Å²) in [6.45, 7) is 4.75. The number of sulfone groups is 1. The molecule has 8 nitrogen and oxygen atoms in total. The molecule has 0 atom stereocenters. The van der Waals surface area contributed by atoms with Crippen LogP contribution in [0.3, 0.4) is 0 Å². The van der Waals surface area contributed by atoms with Crippen molar-refractivity contribution in [1.29, 1.82) is 0 Å². The zero-order valence-electron chi connectivity index (χ0n) is 14.8. The number of nitrogens with zero attached hydrogens (tertiary/aromatic N) is 1. The zero-order valence-corrected chi connectivity index (χ0v) is 16.4. The van der Waals surface area contributed by atoms with Crippen LogP contribution in [0.25, 0.3) is 0 Å². The third-order valence-electron chi connectivity index (χ3n) is 4.07. The molecule has 1 N–H and O–H groups in total. The Kier molecular flexibility index (Phi) is 5.97. The molecular formula is C15H24N2O6S2. The molecule has 10 heteroatoms. The molecule has 0 bridgehead atoms. The summed E-state index contributed by atoms with van der Waals surface area (Å²) < 4.78 is 62.9. The molecule has 0 radical (unpaired) electrons. The van der Waals surface area contributed by atoms with Gasteiger partial charge in [0.25, 0.3) is 0 Å². The standard InChI is InChI=1S/C15H24N2O6S2/c1-11(2)24(18,19)14-10-15(13(23-4)9-12(14)22-3)25(20,21)17-7-5-16-6-8-17/h9-11,16H,5-8H2,1-4H3. The van der Waals surface area contributed by atoms with E-state index < -0.39 is 25.1 Å². The van der Waals surface area contributed by atoms with Gasteiger partial charge in [0, 0.05) is 32.2 Å². The van der Waals surface area contributed by atoms with Gasteiger partial charge in [-0.05, 0) is 19.9 Å². The van der Waals surface area contributed by atoms with Gasteiger partial charge in [-0.2, -0.15) is 4.31 Å². The van der Waals surface area contributed by atoms with Gasteiger partial charge in [-0.1, -0.05) is 0 Å². The van der Waals surface area contributed by atoms with Gasteiger partial charge in [-0.25, -0.2) is 16.8 Å². The Hall–Kier alpha value is -1.36. The molecule has 0 spiro atoms. The maximum atomic E-state index is 13.0. The third-order valence-corrected chi connectivity index (χ3v) is 8.16. The monoisotopic (exact) mass is 392 g/mol. The van der Waals surface area contributed by atoms with E-state index in [1.54, 1.807) is 0 Å². The first-order chi connectivity index (χ1) is 11.7. The first kappa shape index (κ1) is 20.0. The predicted molar refractivity (Wildman–Crippen MR) is 93.5 cm³/mol. The van der Waals surface area contributed by atoms with Crippen LogP contribution in [0.4, 0.5) is 0 Å². The molecule has 0 aromatic heterocycles. The molecule has 1 heterocycles. The Labute approximate surface area is 149 Å². The summed E-state index contributed by atoms with van der Waals surface area (Å²) in [5, 5.41) is 2.36. The van der Waals surface area contributed by atoms with E-state index in [9.17, 15) is 16.8 Å². The molecule has 0 amide bonds. The lowest BCUT2D eigenvalue weighted by Gasteiger charge is -2.27. The summed E-state index contributed by atoms with van der Waals surface area (Å²) in [5.74, 6) is 0.114. The predicted octanol–water partition coefficient (Wildman–Crippen LogP) is 0.480. The number of rotatable bonds is 6. The smallest absolute Gasteiger partial charge is 0.246 e. The van der Waals surface area contributed by atoms with Crippen LogP contribution in [0.1, 0.15) is 13.8 Å². The Morgan fingerprint density at radius 2 is 1.48 bits per heavy atom. The summed E-state index contributed by atoms with van der Waals surface area (Å²) in [7, 11) is -4.96. The Morgan fingerprint density at radius 3 is 1.96 bits per heavy atom. The van der Waals surface area contributed by atoms with Crippen molar-refractivity contribution in [3.8, 4) is 11.5 Å². The van der Waals surface area contributed by atoms with Crippen molar-refractivity contribution in [3.63, 3.8) is 0 Å². The van der Waals surface area contributed by atoms with Crippen molar-refractivity contribution in [2.45, 2.75) is 28.9 Å². The van der Waals surface area contributed by atoms with E-state index >= 15 is 0 Å². The molecule has 142 valence electrons. The average Bonchev–Trinajstić information content (AvgIpc) is 2.60. The van der Waals surface area contributed by atoms with Crippen molar-refractivity contribution in [2.75, 3.05) is 40.4 Å². The molecule has 25 heavy (non-hydrogen) atoms. The van der Waals surface area contributed by atoms with Gasteiger partial charge in [-0.3, -0.25) is 0 Å². The lowest BCUT2D eigenvalue weighted by Crippen LogP contribution is -2.46. The number of nitrogens with one attached hydrogen (secondary N) is 1. The summed E-state index contributed by atoms with van der Waals surface area (Å²) in [6.07, 6.45) is 0. The maximum Gasteiger partial charge on any atom is 0.246 e. The second kappa shape index (κ2) is 7.48. The molecule has 2 rings (SSSR count). The molecule has 1 aromatic rings. The van der Waals surface area contributed by atoms with E-state index in [1.807, 2.05) is 0 Å². The minimum absolute atomic E-state index is 0.0538. The first-order valence-corrected chi connectivity index (χ1v) is 10.9. The fraction of sp³-hybridized carbons (Fsp3) is 0.600. The van der Waals surface area contributed by atoms with E-state index in [0.717, 1.165) is 6.07 Å². The topological polar surface area (TPSA) is 102 Å². The summed E-state index contributed by atoms with van der Waals surface area (Å²) in [4.78, 5) is -0.323. The molecule has 1 aliphatic rings. The van der Waals surface area contributed by atoms with Gasteiger partial charge in [0.2, 0.25) is 10.0 Å². The Bertz CT molecular complexity index is 828. The fourth-order valence-corrected chi connectivity index (χ4v) is 5.44. The van der Waals surface area contributed by atoms with Crippen molar-refractivity contribution in [3.05, 3.63) is 12.1 Å². The van der Waals surface area contributed by atoms with Crippen LogP contribution in [0.2, 0.25) is 0 Å². The molecule has 1 aromatic carbocycles. The second-order valence-electron chi connectivity index (χ2n) is 5.90. The molecule has 1 aliphatic heterocycles. The summed E-state index contributed by atoms with van der Waals surface area (Å²) >= 11 is 0. The average molecular weight is 392 g/mol. The fourth-order valence-electron chi connectivity index (χ4n) is 2.54. The number of methoxy groups -OCH3 is 2. The van der Waals surface area contributed by atoms with Crippen molar-refractivity contribution >= 4 is 19.9 Å². The van der Waals surface area contributed by atoms with Crippen molar-refractivity contribution in [1.82, 2.24) is 9.62 Å². The lowest BCUT2D eigenvalue weighted by molar-refractivity contribution is 0.352. The highest BCUT2D eigenvalue weighted by molar-refractivity contribution is 7.92. The molecule has 0 saturated carbocycles. The van der Waals surface area contributed by atoms with Crippen LogP contribution in [-0.2, 0) is 19.9 Å². The van der Waals surface area contributed by atoms with Crippen LogP contribution < -0.4 is 14.8 Å². The quantitative estimate of drug-likeness (QED) is 0.751. The molecule has 1 saturated heterocycles. The van der Waals surface area contributed by atoms with E-state index in [0.29, 0.717) is 26.2 Å². The molecule has 1 fully saturated rings. The Balaban J connectivity index is 2.69. The number of sulfonamides is 1. The second-order valence-corrected chi connectivity index (χ2v) is 10.3. The van der Waals surface area contributed by atoms with Crippen LogP contribution in [0.15, 0.2) is 21.9 Å². The molecule has 0 unspecified atom stereocenters. The van der Waals surface area contributed by atoms with Crippen molar-refractivity contribution < 1.29 is 26.3 Å². The highest BCUT2D eigenvalue weighted by atomic mass is 32.2. The van der Waals surface area contributed by atoms with Gasteiger partial charge in [0.1, 0.15) is 21.3 Å². The van der Waals surface area contributed by atoms with Crippen LogP contribution in [0, 0.1) is 0 Å². The van der Waals surface area contributed by atoms with E-state index in [2.05, 4.69) is 5.32 Å². The normalized spacial score (nSPS) is 16.8. The SMILES string of the molecule is COc1cc(OC)c(S(=O)(=O)N2CCNCC2)cc1S(=O)(=O)C(C)C. The minimum atomic E-state index is -3.89. The first-order valence-electron chi connectivity index (χ1n) is 7.87. The highest BCUT2D eigenvalue weighted by Crippen LogP contribution is 2.37. The van der Waals surface area contributed by atoms with Crippen LogP contribution in [-0.4, -0.2) is 66.8 Å². The van der Waals surface area contributed by atoms with E-state index in [-0.39, 0.29) is 21.3 Å².